The average molecular weight is 477 g/mol. The molecule has 1 N–H and O–H groups in total. The van der Waals surface area contributed by atoms with Gasteiger partial charge in [0.25, 0.3) is 5.91 Å². The summed E-state index contributed by atoms with van der Waals surface area (Å²) in [6.45, 7) is 5.02. The van der Waals surface area contributed by atoms with Gasteiger partial charge in [-0.2, -0.15) is 5.10 Å². The number of benzene rings is 2. The fourth-order valence-corrected chi connectivity index (χ4v) is 4.15. The van der Waals surface area contributed by atoms with Crippen molar-refractivity contribution in [1.29, 1.82) is 0 Å². The van der Waals surface area contributed by atoms with Crippen molar-refractivity contribution >= 4 is 29.5 Å². The molecular weight excluding hydrogens is 448 g/mol. The van der Waals surface area contributed by atoms with E-state index >= 15 is 0 Å². The number of aromatic nitrogens is 2. The molecule has 1 saturated carbocycles. The van der Waals surface area contributed by atoms with Crippen molar-refractivity contribution < 1.29 is 9.59 Å². The lowest BCUT2D eigenvalue weighted by molar-refractivity contribution is -0.127. The highest BCUT2D eigenvalue weighted by Crippen LogP contribution is 2.29. The van der Waals surface area contributed by atoms with E-state index in [2.05, 4.69) is 41.6 Å². The van der Waals surface area contributed by atoms with Crippen molar-refractivity contribution in [2.75, 3.05) is 7.05 Å². The Morgan fingerprint density at radius 3 is 2.35 bits per heavy atom. The molecule has 176 valence electrons. The summed E-state index contributed by atoms with van der Waals surface area (Å²) in [5.74, 6) is -0.181. The molecule has 0 bridgehead atoms. The topological polar surface area (TPSA) is 67.2 Å². The Bertz CT molecular complexity index is 1210. The standard InChI is InChI=1S/C27H29ClN4O2/c1-18-4-6-21(7-5-18)17-32-26(28)24(19(2)30-32)14-15-25(33)31(23-12-13-23)16-20-8-10-22(11-9-20)27(34)29-3/h4-11,14-15,23H,12-13,16-17H2,1-3H3,(H,29,34)/b15-14+. The molecule has 0 radical (unpaired) electrons. The van der Waals surface area contributed by atoms with Crippen molar-refractivity contribution in [3.63, 3.8) is 0 Å². The Balaban J connectivity index is 1.46. The van der Waals surface area contributed by atoms with E-state index in [-0.39, 0.29) is 17.9 Å². The first-order valence-electron chi connectivity index (χ1n) is 11.4. The molecule has 2 amide bonds. The van der Waals surface area contributed by atoms with Gasteiger partial charge in [-0.25, -0.2) is 4.68 Å². The van der Waals surface area contributed by atoms with Gasteiger partial charge in [0.1, 0.15) is 5.15 Å². The molecule has 34 heavy (non-hydrogen) atoms. The minimum atomic E-state index is -0.125. The fourth-order valence-electron chi connectivity index (χ4n) is 3.85. The minimum absolute atomic E-state index is 0.0559. The van der Waals surface area contributed by atoms with E-state index in [1.54, 1.807) is 36.0 Å². The summed E-state index contributed by atoms with van der Waals surface area (Å²) in [5.41, 5.74) is 5.45. The predicted octanol–water partition coefficient (Wildman–Crippen LogP) is 4.77. The maximum Gasteiger partial charge on any atom is 0.251 e. The van der Waals surface area contributed by atoms with E-state index in [1.807, 2.05) is 24.0 Å². The Labute approximate surface area is 205 Å². The van der Waals surface area contributed by atoms with Gasteiger partial charge in [0.15, 0.2) is 0 Å². The molecule has 6 nitrogen and oxygen atoms in total. The van der Waals surface area contributed by atoms with E-state index < -0.39 is 0 Å². The van der Waals surface area contributed by atoms with Crippen LogP contribution in [0.3, 0.4) is 0 Å². The predicted molar refractivity (Wildman–Crippen MR) is 135 cm³/mol. The normalized spacial score (nSPS) is 13.3. The van der Waals surface area contributed by atoms with Crippen LogP contribution in [0.25, 0.3) is 6.08 Å². The molecule has 0 atom stereocenters. The van der Waals surface area contributed by atoms with E-state index in [0.29, 0.717) is 23.8 Å². The molecule has 1 aromatic heterocycles. The lowest BCUT2D eigenvalue weighted by Gasteiger charge is -2.21. The third-order valence-corrected chi connectivity index (χ3v) is 6.42. The summed E-state index contributed by atoms with van der Waals surface area (Å²) in [6.07, 6.45) is 5.36. The summed E-state index contributed by atoms with van der Waals surface area (Å²) in [4.78, 5) is 26.7. The molecule has 0 spiro atoms. The van der Waals surface area contributed by atoms with Gasteiger partial charge in [-0.1, -0.05) is 53.6 Å². The maximum absolute atomic E-state index is 13.1. The van der Waals surface area contributed by atoms with Gasteiger partial charge in [0.05, 0.1) is 12.2 Å². The summed E-state index contributed by atoms with van der Waals surface area (Å²) >= 11 is 6.62. The summed E-state index contributed by atoms with van der Waals surface area (Å²) < 4.78 is 1.76. The Morgan fingerprint density at radius 2 is 1.74 bits per heavy atom. The van der Waals surface area contributed by atoms with Gasteiger partial charge in [0.2, 0.25) is 5.91 Å². The van der Waals surface area contributed by atoms with Crippen LogP contribution in [0.2, 0.25) is 5.15 Å². The molecule has 1 aliphatic rings. The Hall–Kier alpha value is -3.38. The number of hydrogen-bond acceptors (Lipinski definition) is 3. The average Bonchev–Trinajstić information content (AvgIpc) is 3.64. The summed E-state index contributed by atoms with van der Waals surface area (Å²) in [5, 5.41) is 7.71. The molecule has 2 aromatic carbocycles. The number of nitrogens with zero attached hydrogens (tertiary/aromatic N) is 3. The second kappa shape index (κ2) is 10.3. The van der Waals surface area contributed by atoms with E-state index in [1.165, 1.54) is 5.56 Å². The fraction of sp³-hybridized carbons (Fsp3) is 0.296. The van der Waals surface area contributed by atoms with Crippen molar-refractivity contribution in [2.45, 2.75) is 45.8 Å². The third-order valence-electron chi connectivity index (χ3n) is 6.02. The van der Waals surface area contributed by atoms with Crippen LogP contribution in [0, 0.1) is 13.8 Å². The van der Waals surface area contributed by atoms with Crippen LogP contribution in [-0.2, 0) is 17.9 Å². The number of carbonyl (C=O) groups excluding carboxylic acids is 2. The van der Waals surface area contributed by atoms with Crippen LogP contribution in [0.1, 0.15) is 51.1 Å². The van der Waals surface area contributed by atoms with Crippen LogP contribution < -0.4 is 5.32 Å². The lowest BCUT2D eigenvalue weighted by atomic mass is 10.1. The van der Waals surface area contributed by atoms with Gasteiger partial charge in [-0.05, 0) is 56.0 Å². The second-order valence-electron chi connectivity index (χ2n) is 8.74. The van der Waals surface area contributed by atoms with Gasteiger partial charge in [-0.3, -0.25) is 9.59 Å². The number of carbonyl (C=O) groups is 2. The van der Waals surface area contributed by atoms with E-state index in [9.17, 15) is 9.59 Å². The zero-order chi connectivity index (χ0) is 24.2. The highest BCUT2D eigenvalue weighted by atomic mass is 35.5. The number of halogens is 1. The monoisotopic (exact) mass is 476 g/mol. The smallest absolute Gasteiger partial charge is 0.251 e. The molecule has 0 saturated heterocycles. The molecule has 1 heterocycles. The zero-order valence-corrected chi connectivity index (χ0v) is 20.5. The Morgan fingerprint density at radius 1 is 1.09 bits per heavy atom. The van der Waals surface area contributed by atoms with Crippen molar-refractivity contribution in [1.82, 2.24) is 20.0 Å². The number of nitrogens with one attached hydrogen (secondary N) is 1. The first-order chi connectivity index (χ1) is 16.4. The highest BCUT2D eigenvalue weighted by molar-refractivity contribution is 6.31. The molecule has 0 unspecified atom stereocenters. The zero-order valence-electron chi connectivity index (χ0n) is 19.7. The second-order valence-corrected chi connectivity index (χ2v) is 9.10. The SMILES string of the molecule is CNC(=O)c1ccc(CN(C(=O)/C=C/c2c(C)nn(Cc3ccc(C)cc3)c2Cl)C2CC2)cc1. The van der Waals surface area contributed by atoms with Crippen LogP contribution in [0.5, 0.6) is 0 Å². The molecule has 1 fully saturated rings. The quantitative estimate of drug-likeness (QED) is 0.476. The third kappa shape index (κ3) is 5.57. The lowest BCUT2D eigenvalue weighted by Crippen LogP contribution is -2.31. The van der Waals surface area contributed by atoms with Gasteiger partial charge in [-0.15, -0.1) is 0 Å². The number of rotatable bonds is 8. The van der Waals surface area contributed by atoms with Crippen molar-refractivity contribution in [3.8, 4) is 0 Å². The van der Waals surface area contributed by atoms with E-state index in [4.69, 9.17) is 11.6 Å². The van der Waals surface area contributed by atoms with Gasteiger partial charge in [0, 0.05) is 36.8 Å². The molecule has 3 aromatic rings. The molecule has 0 aliphatic heterocycles. The largest absolute Gasteiger partial charge is 0.355 e. The summed E-state index contributed by atoms with van der Waals surface area (Å²) in [7, 11) is 1.61. The minimum Gasteiger partial charge on any atom is -0.355 e. The molecule has 7 heteroatoms. The highest BCUT2D eigenvalue weighted by Gasteiger charge is 2.31. The molecule has 4 rings (SSSR count). The maximum atomic E-state index is 13.1. The van der Waals surface area contributed by atoms with Gasteiger partial charge >= 0.3 is 0 Å². The summed E-state index contributed by atoms with van der Waals surface area (Å²) in [6, 6.07) is 15.9. The van der Waals surface area contributed by atoms with E-state index in [0.717, 1.165) is 35.2 Å². The van der Waals surface area contributed by atoms with Crippen LogP contribution in [0.4, 0.5) is 0 Å². The molecule has 1 aliphatic carbocycles. The van der Waals surface area contributed by atoms with Crippen LogP contribution in [-0.4, -0.2) is 39.6 Å². The van der Waals surface area contributed by atoms with Crippen LogP contribution >= 0.6 is 11.6 Å². The Kier molecular flexibility index (Phi) is 7.17. The number of hydrogen-bond donors (Lipinski definition) is 1. The van der Waals surface area contributed by atoms with Gasteiger partial charge < -0.3 is 10.2 Å². The van der Waals surface area contributed by atoms with Crippen LogP contribution in [0.15, 0.2) is 54.6 Å². The number of amides is 2. The molecular formula is C27H29ClN4O2. The first kappa shape index (κ1) is 23.8. The van der Waals surface area contributed by atoms with Crippen molar-refractivity contribution in [3.05, 3.63) is 93.3 Å². The first-order valence-corrected chi connectivity index (χ1v) is 11.8. The number of aryl methyl sites for hydroxylation is 2. The van der Waals surface area contributed by atoms with Crippen molar-refractivity contribution in [2.24, 2.45) is 0 Å².